The maximum Gasteiger partial charge on any atom is 0.338 e. The fraction of sp³-hybridized carbons (Fsp3) is 0.480. The molecule has 2 aliphatic heterocycles. The van der Waals surface area contributed by atoms with Crippen molar-refractivity contribution in [3.8, 4) is 0 Å². The summed E-state index contributed by atoms with van der Waals surface area (Å²) in [5, 5.41) is 1.51. The summed E-state index contributed by atoms with van der Waals surface area (Å²) in [7, 11) is 1.77. The van der Waals surface area contributed by atoms with Gasteiger partial charge in [-0.1, -0.05) is 6.07 Å². The number of carbonyl (C=O) groups excluding carboxylic acids is 2. The van der Waals surface area contributed by atoms with Crippen molar-refractivity contribution in [2.45, 2.75) is 38.7 Å². The number of nitrogens with zero attached hydrogens (tertiary/aromatic N) is 4. The molecule has 5 rings (SSSR count). The normalized spacial score (nSPS) is 19.9. The Hall–Kier alpha value is -2.97. The minimum Gasteiger partial charge on any atom is -0.457 e. The van der Waals surface area contributed by atoms with Gasteiger partial charge in [-0.3, -0.25) is 14.7 Å². The van der Waals surface area contributed by atoms with Crippen LogP contribution in [0.4, 0.5) is 5.82 Å². The second-order valence-corrected chi connectivity index (χ2v) is 9.31. The lowest BCUT2D eigenvalue weighted by molar-refractivity contribution is -0.134. The van der Waals surface area contributed by atoms with Gasteiger partial charge in [-0.2, -0.15) is 0 Å². The van der Waals surface area contributed by atoms with Gasteiger partial charge in [0.15, 0.2) is 0 Å². The third-order valence-electron chi connectivity index (χ3n) is 7.41. The van der Waals surface area contributed by atoms with Crippen molar-refractivity contribution in [2.75, 3.05) is 44.8 Å². The number of anilines is 1. The van der Waals surface area contributed by atoms with E-state index in [1.807, 2.05) is 23.2 Å². The average Bonchev–Trinajstić information content (AvgIpc) is 3.42. The summed E-state index contributed by atoms with van der Waals surface area (Å²) in [6.07, 6.45) is 4.50. The molecule has 8 heteroatoms. The molecule has 8 nitrogen and oxygen atoms in total. The largest absolute Gasteiger partial charge is 0.457 e. The van der Waals surface area contributed by atoms with E-state index in [1.54, 1.807) is 7.05 Å². The molecule has 0 saturated carbocycles. The lowest BCUT2D eigenvalue weighted by Gasteiger charge is -2.36. The van der Waals surface area contributed by atoms with E-state index < -0.39 is 0 Å². The Morgan fingerprint density at radius 3 is 2.82 bits per heavy atom. The number of ether oxygens (including phenoxy) is 1. The van der Waals surface area contributed by atoms with Crippen LogP contribution in [0.3, 0.4) is 0 Å². The van der Waals surface area contributed by atoms with Gasteiger partial charge in [-0.25, -0.2) is 15.6 Å². The Morgan fingerprint density at radius 2 is 2.06 bits per heavy atom. The molecule has 1 aromatic heterocycles. The molecule has 1 amide bonds. The Kier molecular flexibility index (Phi) is 5.80. The number of benzene rings is 1. The van der Waals surface area contributed by atoms with Crippen molar-refractivity contribution in [3.63, 3.8) is 0 Å². The number of aryl methyl sites for hydroxylation is 1. The molecule has 2 N–H and O–H groups in total. The maximum atomic E-state index is 13.3. The molecule has 2 aromatic rings. The average molecular weight is 450 g/mol. The third-order valence-corrected chi connectivity index (χ3v) is 7.41. The Morgan fingerprint density at radius 1 is 1.27 bits per heavy atom. The second-order valence-electron chi connectivity index (χ2n) is 9.31. The molecule has 0 radical (unpaired) electrons. The smallest absolute Gasteiger partial charge is 0.338 e. The highest BCUT2D eigenvalue weighted by molar-refractivity contribution is 5.94. The van der Waals surface area contributed by atoms with Gasteiger partial charge in [-0.15, -0.1) is 0 Å². The van der Waals surface area contributed by atoms with Crippen LogP contribution in [-0.4, -0.2) is 66.4 Å². The number of pyridine rings is 1. The zero-order chi connectivity index (χ0) is 23.1. The number of hydrazine groups is 1. The van der Waals surface area contributed by atoms with Gasteiger partial charge in [0.1, 0.15) is 12.4 Å². The number of piperazine rings is 1. The summed E-state index contributed by atoms with van der Waals surface area (Å²) in [6.45, 7) is 6.69. The van der Waals surface area contributed by atoms with Crippen molar-refractivity contribution in [2.24, 2.45) is 5.84 Å². The van der Waals surface area contributed by atoms with E-state index in [2.05, 4.69) is 22.9 Å². The number of esters is 1. The highest BCUT2D eigenvalue weighted by atomic mass is 16.5. The van der Waals surface area contributed by atoms with Crippen LogP contribution < -0.4 is 10.9 Å². The number of rotatable bonds is 5. The Balaban J connectivity index is 1.16. The van der Waals surface area contributed by atoms with Crippen molar-refractivity contribution in [1.82, 2.24) is 14.8 Å². The molecule has 174 valence electrons. The fourth-order valence-corrected chi connectivity index (χ4v) is 5.29. The molecule has 1 atom stereocenters. The van der Waals surface area contributed by atoms with Gasteiger partial charge in [-0.05, 0) is 60.6 Å². The van der Waals surface area contributed by atoms with E-state index in [4.69, 9.17) is 10.6 Å². The first kappa shape index (κ1) is 21.9. The van der Waals surface area contributed by atoms with Crippen LogP contribution in [0.5, 0.6) is 0 Å². The van der Waals surface area contributed by atoms with Crippen molar-refractivity contribution in [3.05, 3.63) is 57.8 Å². The minimum absolute atomic E-state index is 0.0878. The van der Waals surface area contributed by atoms with E-state index in [-0.39, 0.29) is 17.8 Å². The van der Waals surface area contributed by atoms with Gasteiger partial charge in [0.2, 0.25) is 5.91 Å². The molecule has 1 aromatic carbocycles. The summed E-state index contributed by atoms with van der Waals surface area (Å²) in [5.41, 5.74) is 6.42. The third kappa shape index (κ3) is 4.09. The monoisotopic (exact) mass is 449 g/mol. The lowest BCUT2D eigenvalue weighted by Crippen LogP contribution is -2.50. The van der Waals surface area contributed by atoms with Crippen molar-refractivity contribution >= 4 is 17.7 Å². The summed E-state index contributed by atoms with van der Waals surface area (Å²) in [4.78, 5) is 33.9. The Bertz CT molecular complexity index is 1090. The molecule has 3 aliphatic rings. The first-order chi connectivity index (χ1) is 15.9. The van der Waals surface area contributed by atoms with Gasteiger partial charge in [0.25, 0.3) is 0 Å². The van der Waals surface area contributed by atoms with Crippen LogP contribution in [0, 0.1) is 6.92 Å². The van der Waals surface area contributed by atoms with E-state index in [9.17, 15) is 9.59 Å². The summed E-state index contributed by atoms with van der Waals surface area (Å²) in [5.74, 6) is 6.46. The summed E-state index contributed by atoms with van der Waals surface area (Å²) >= 11 is 0. The first-order valence-corrected chi connectivity index (χ1v) is 11.7. The van der Waals surface area contributed by atoms with Gasteiger partial charge < -0.3 is 9.64 Å². The molecular weight excluding hydrogens is 418 g/mol. The fourth-order valence-electron chi connectivity index (χ4n) is 5.29. The van der Waals surface area contributed by atoms with Crippen LogP contribution in [0.25, 0.3) is 0 Å². The topological polar surface area (TPSA) is 92.0 Å². The summed E-state index contributed by atoms with van der Waals surface area (Å²) in [6, 6.07) is 5.95. The van der Waals surface area contributed by atoms with Crippen LogP contribution >= 0.6 is 0 Å². The molecular formula is C25H31N5O3. The second kappa shape index (κ2) is 8.76. The lowest BCUT2D eigenvalue weighted by atomic mass is 9.96. The standard InChI is InChI=1S/C25H31N5O3/c1-16-17(3-6-20-22(16)15-33-25(20)32)7-8-29-9-11-30(12-10-29)24(31)19-5-4-18-13-23(28(2)26)27-14-21(18)19/h3,6,13-14,19H,4-5,7-12,15,26H2,1-2H3. The highest BCUT2D eigenvalue weighted by Gasteiger charge is 2.34. The molecule has 1 unspecified atom stereocenters. The molecule has 0 bridgehead atoms. The van der Waals surface area contributed by atoms with E-state index in [1.165, 1.54) is 21.7 Å². The minimum atomic E-state index is -0.215. The number of amides is 1. The van der Waals surface area contributed by atoms with Crippen LogP contribution in [0.15, 0.2) is 24.4 Å². The van der Waals surface area contributed by atoms with E-state index >= 15 is 0 Å². The maximum absolute atomic E-state index is 13.3. The number of aromatic nitrogens is 1. The number of nitrogens with two attached hydrogens (primary N) is 1. The number of fused-ring (bicyclic) bond motifs is 2. The van der Waals surface area contributed by atoms with E-state index in [0.29, 0.717) is 12.2 Å². The highest BCUT2D eigenvalue weighted by Crippen LogP contribution is 2.35. The SMILES string of the molecule is Cc1c(CCN2CCN(C(=O)C3CCc4cc(N(C)N)ncc43)CC2)ccc2c1COC2=O. The molecule has 33 heavy (non-hydrogen) atoms. The van der Waals surface area contributed by atoms with Crippen LogP contribution in [0.2, 0.25) is 0 Å². The Labute approximate surface area is 194 Å². The molecule has 3 heterocycles. The molecule has 1 aliphatic carbocycles. The van der Waals surface area contributed by atoms with Crippen LogP contribution in [-0.2, 0) is 29.0 Å². The number of hydrogen-bond donors (Lipinski definition) is 1. The summed E-state index contributed by atoms with van der Waals surface area (Å²) < 4.78 is 5.17. The van der Waals surface area contributed by atoms with Crippen molar-refractivity contribution in [1.29, 1.82) is 0 Å². The van der Waals surface area contributed by atoms with Crippen molar-refractivity contribution < 1.29 is 14.3 Å². The molecule has 1 saturated heterocycles. The van der Waals surface area contributed by atoms with Gasteiger partial charge in [0.05, 0.1) is 11.5 Å². The predicted molar refractivity (Wildman–Crippen MR) is 125 cm³/mol. The van der Waals surface area contributed by atoms with E-state index in [0.717, 1.165) is 68.9 Å². The molecule has 0 spiro atoms. The number of hydrogen-bond acceptors (Lipinski definition) is 7. The number of cyclic esters (lactones) is 1. The van der Waals surface area contributed by atoms with Gasteiger partial charge in [0, 0.05) is 51.5 Å². The first-order valence-electron chi connectivity index (χ1n) is 11.7. The zero-order valence-electron chi connectivity index (χ0n) is 19.3. The predicted octanol–water partition coefficient (Wildman–Crippen LogP) is 1.79. The van der Waals surface area contributed by atoms with Gasteiger partial charge >= 0.3 is 5.97 Å². The molecule has 1 fully saturated rings. The number of carbonyl (C=O) groups is 2. The quantitative estimate of drug-likeness (QED) is 0.423. The zero-order valence-corrected chi connectivity index (χ0v) is 19.3. The van der Waals surface area contributed by atoms with Crippen LogP contribution in [0.1, 0.15) is 50.5 Å².